The van der Waals surface area contributed by atoms with Crippen molar-refractivity contribution in [3.8, 4) is 0 Å². The highest BCUT2D eigenvalue weighted by Crippen LogP contribution is 2.13. The zero-order valence-electron chi connectivity index (χ0n) is 14.4. The van der Waals surface area contributed by atoms with Crippen LogP contribution in [-0.4, -0.2) is 39.4 Å². The minimum atomic E-state index is -0.323. The third-order valence-corrected chi connectivity index (χ3v) is 4.15. The number of carbonyl (C=O) groups is 1. The fourth-order valence-corrected chi connectivity index (χ4v) is 2.33. The lowest BCUT2D eigenvalue weighted by Crippen LogP contribution is -2.30. The van der Waals surface area contributed by atoms with Crippen molar-refractivity contribution in [2.24, 2.45) is 7.05 Å². The molecule has 0 saturated heterocycles. The van der Waals surface area contributed by atoms with Crippen LogP contribution in [0.4, 0.5) is 5.69 Å². The van der Waals surface area contributed by atoms with E-state index in [0.29, 0.717) is 23.8 Å². The molecule has 7 heteroatoms. The topological polar surface area (TPSA) is 59.4 Å². The molecular formula is C17H22N4O2S. The number of anilines is 1. The van der Waals surface area contributed by atoms with E-state index in [9.17, 15) is 4.79 Å². The van der Waals surface area contributed by atoms with Crippen molar-refractivity contribution < 1.29 is 9.53 Å². The van der Waals surface area contributed by atoms with Gasteiger partial charge in [-0.1, -0.05) is 0 Å². The van der Waals surface area contributed by atoms with Crippen molar-refractivity contribution in [2.75, 3.05) is 19.0 Å². The molecule has 128 valence electrons. The summed E-state index contributed by atoms with van der Waals surface area (Å²) in [6.07, 6.45) is 1.85. The van der Waals surface area contributed by atoms with Crippen LogP contribution in [0.2, 0.25) is 0 Å². The Morgan fingerprint density at radius 2 is 2.04 bits per heavy atom. The van der Waals surface area contributed by atoms with Crippen LogP contribution in [-0.2, 0) is 18.3 Å². The average molecular weight is 346 g/mol. The fraction of sp³-hybridized carbons (Fsp3) is 0.353. The molecule has 0 radical (unpaired) electrons. The molecule has 2 rings (SSSR count). The number of benzene rings is 1. The summed E-state index contributed by atoms with van der Waals surface area (Å²) in [5.74, 6) is -0.323. The monoisotopic (exact) mass is 346 g/mol. The fourth-order valence-electron chi connectivity index (χ4n) is 2.15. The molecule has 0 unspecified atom stereocenters. The van der Waals surface area contributed by atoms with Gasteiger partial charge in [0.2, 0.25) is 0 Å². The van der Waals surface area contributed by atoms with Gasteiger partial charge in [-0.25, -0.2) is 4.79 Å². The first kappa shape index (κ1) is 17.9. The Balaban J connectivity index is 1.96. The lowest BCUT2D eigenvalue weighted by Gasteiger charge is -2.21. The molecule has 1 aromatic carbocycles. The second kappa shape index (κ2) is 7.92. The van der Waals surface area contributed by atoms with Crippen LogP contribution in [0.3, 0.4) is 0 Å². The first-order chi connectivity index (χ1) is 11.4. The van der Waals surface area contributed by atoms with Crippen LogP contribution in [0.5, 0.6) is 0 Å². The smallest absolute Gasteiger partial charge is 0.338 e. The Morgan fingerprint density at radius 1 is 1.38 bits per heavy atom. The number of aromatic nitrogens is 2. The second-order valence-corrected chi connectivity index (χ2v) is 5.85. The van der Waals surface area contributed by atoms with E-state index in [4.69, 9.17) is 17.0 Å². The number of aryl methyl sites for hydroxylation is 1. The summed E-state index contributed by atoms with van der Waals surface area (Å²) in [6.45, 7) is 4.85. The van der Waals surface area contributed by atoms with Gasteiger partial charge in [0.1, 0.15) is 0 Å². The summed E-state index contributed by atoms with van der Waals surface area (Å²) in [4.78, 5) is 13.6. The summed E-state index contributed by atoms with van der Waals surface area (Å²) in [7, 11) is 3.84. The number of hydrogen-bond donors (Lipinski definition) is 1. The third kappa shape index (κ3) is 4.32. The molecule has 0 spiro atoms. The Kier molecular flexibility index (Phi) is 5.92. The number of esters is 1. The van der Waals surface area contributed by atoms with E-state index in [2.05, 4.69) is 10.4 Å². The van der Waals surface area contributed by atoms with Crippen LogP contribution in [0, 0.1) is 6.92 Å². The van der Waals surface area contributed by atoms with Gasteiger partial charge in [-0.3, -0.25) is 4.68 Å². The van der Waals surface area contributed by atoms with E-state index in [1.807, 2.05) is 48.9 Å². The summed E-state index contributed by atoms with van der Waals surface area (Å²) in [5, 5.41) is 8.00. The van der Waals surface area contributed by atoms with Crippen molar-refractivity contribution in [3.63, 3.8) is 0 Å². The Labute approximate surface area is 147 Å². The minimum absolute atomic E-state index is 0.323. The van der Waals surface area contributed by atoms with Gasteiger partial charge in [0.25, 0.3) is 0 Å². The number of nitrogens with zero attached hydrogens (tertiary/aromatic N) is 3. The molecule has 0 fully saturated rings. The third-order valence-electron chi connectivity index (χ3n) is 3.74. The highest BCUT2D eigenvalue weighted by atomic mass is 32.1. The molecule has 6 nitrogen and oxygen atoms in total. The molecular weight excluding hydrogens is 324 g/mol. The van der Waals surface area contributed by atoms with Crippen molar-refractivity contribution in [3.05, 3.63) is 47.3 Å². The number of carbonyl (C=O) groups excluding carboxylic acids is 1. The molecule has 0 aliphatic heterocycles. The SMILES string of the molecule is CCOC(=O)c1ccc(NC(=S)N(C)Cc2cnn(C)c2C)cc1. The minimum Gasteiger partial charge on any atom is -0.462 e. The molecule has 0 atom stereocenters. The predicted octanol–water partition coefficient (Wildman–Crippen LogP) is 2.73. The van der Waals surface area contributed by atoms with Crippen LogP contribution in [0.1, 0.15) is 28.5 Å². The molecule has 0 amide bonds. The Morgan fingerprint density at radius 3 is 2.58 bits per heavy atom. The largest absolute Gasteiger partial charge is 0.462 e. The number of thiocarbonyl (C=S) groups is 1. The quantitative estimate of drug-likeness (QED) is 0.664. The van der Waals surface area contributed by atoms with Gasteiger partial charge in [0.05, 0.1) is 18.4 Å². The van der Waals surface area contributed by atoms with Crippen LogP contribution in [0.25, 0.3) is 0 Å². The van der Waals surface area contributed by atoms with Crippen molar-refractivity contribution in [1.29, 1.82) is 0 Å². The van der Waals surface area contributed by atoms with Gasteiger partial charge in [-0.05, 0) is 50.3 Å². The van der Waals surface area contributed by atoms with Crippen LogP contribution in [0.15, 0.2) is 30.5 Å². The highest BCUT2D eigenvalue weighted by Gasteiger charge is 2.11. The molecule has 2 aromatic rings. The first-order valence-electron chi connectivity index (χ1n) is 7.69. The van der Waals surface area contributed by atoms with Gasteiger partial charge in [-0.15, -0.1) is 0 Å². The van der Waals surface area contributed by atoms with E-state index in [1.165, 1.54) is 0 Å². The van der Waals surface area contributed by atoms with E-state index in [1.54, 1.807) is 19.1 Å². The molecule has 1 heterocycles. The Bertz CT molecular complexity index is 725. The van der Waals surface area contributed by atoms with Crippen molar-refractivity contribution in [1.82, 2.24) is 14.7 Å². The van der Waals surface area contributed by atoms with Gasteiger partial charge < -0.3 is 15.0 Å². The lowest BCUT2D eigenvalue weighted by atomic mass is 10.2. The van der Waals surface area contributed by atoms with Gasteiger partial charge in [-0.2, -0.15) is 5.10 Å². The molecule has 1 aromatic heterocycles. The second-order valence-electron chi connectivity index (χ2n) is 5.46. The average Bonchev–Trinajstić information content (AvgIpc) is 2.87. The Hall–Kier alpha value is -2.41. The predicted molar refractivity (Wildman–Crippen MR) is 98.0 cm³/mol. The zero-order valence-corrected chi connectivity index (χ0v) is 15.2. The zero-order chi connectivity index (χ0) is 17.7. The van der Waals surface area contributed by atoms with Gasteiger partial charge in [0.15, 0.2) is 5.11 Å². The summed E-state index contributed by atoms with van der Waals surface area (Å²) < 4.78 is 6.81. The molecule has 0 aliphatic rings. The van der Waals surface area contributed by atoms with E-state index in [-0.39, 0.29) is 5.97 Å². The molecule has 0 saturated carbocycles. The number of rotatable bonds is 5. The summed E-state index contributed by atoms with van der Waals surface area (Å²) in [6, 6.07) is 7.05. The maximum Gasteiger partial charge on any atom is 0.338 e. The van der Waals surface area contributed by atoms with Gasteiger partial charge in [0, 0.05) is 37.6 Å². The highest BCUT2D eigenvalue weighted by molar-refractivity contribution is 7.80. The number of ether oxygens (including phenoxy) is 1. The standard InChI is InChI=1S/C17H22N4O2S/c1-5-23-16(22)13-6-8-15(9-7-13)19-17(24)20(3)11-14-10-18-21(4)12(14)2/h6-10H,5,11H2,1-4H3,(H,19,24). The van der Waals surface area contributed by atoms with Crippen molar-refractivity contribution in [2.45, 2.75) is 20.4 Å². The van der Waals surface area contributed by atoms with Gasteiger partial charge >= 0.3 is 5.97 Å². The number of nitrogens with one attached hydrogen (secondary N) is 1. The van der Waals surface area contributed by atoms with E-state index >= 15 is 0 Å². The van der Waals surface area contributed by atoms with Crippen LogP contribution >= 0.6 is 12.2 Å². The maximum absolute atomic E-state index is 11.6. The van der Waals surface area contributed by atoms with E-state index < -0.39 is 0 Å². The summed E-state index contributed by atoms with van der Waals surface area (Å²) >= 11 is 5.43. The number of hydrogen-bond acceptors (Lipinski definition) is 4. The van der Waals surface area contributed by atoms with E-state index in [0.717, 1.165) is 16.9 Å². The van der Waals surface area contributed by atoms with Crippen LogP contribution < -0.4 is 5.32 Å². The molecule has 0 bridgehead atoms. The lowest BCUT2D eigenvalue weighted by molar-refractivity contribution is 0.0526. The molecule has 24 heavy (non-hydrogen) atoms. The van der Waals surface area contributed by atoms with Crippen molar-refractivity contribution >= 4 is 29.0 Å². The molecule has 1 N–H and O–H groups in total. The maximum atomic E-state index is 11.6. The summed E-state index contributed by atoms with van der Waals surface area (Å²) in [5.41, 5.74) is 3.58. The normalized spacial score (nSPS) is 10.3. The first-order valence-corrected chi connectivity index (χ1v) is 8.10. The molecule has 0 aliphatic carbocycles.